The molecule has 2 amide bonds. The average Bonchev–Trinajstić information content (AvgIpc) is 3.36. The number of amides is 2. The van der Waals surface area contributed by atoms with Gasteiger partial charge in [0.05, 0.1) is 37.6 Å². The Kier molecular flexibility index (Phi) is 5.50. The third-order valence-corrected chi connectivity index (χ3v) is 8.51. The first-order chi connectivity index (χ1) is 17.1. The topological polar surface area (TPSA) is 48.3 Å². The number of hydrogen-bond donors (Lipinski definition) is 1. The molecule has 1 spiro atoms. The molecule has 35 heavy (non-hydrogen) atoms. The summed E-state index contributed by atoms with van der Waals surface area (Å²) in [6.45, 7) is 3.94. The van der Waals surface area contributed by atoms with Crippen molar-refractivity contribution in [3.05, 3.63) is 90.2 Å². The first-order valence-corrected chi connectivity index (χ1v) is 12.8. The van der Waals surface area contributed by atoms with E-state index in [1.807, 2.05) is 71.6 Å². The fourth-order valence-electron chi connectivity index (χ4n) is 5.40. The Hall–Kier alpha value is -3.36. The zero-order chi connectivity index (χ0) is 24.0. The maximum Gasteiger partial charge on any atom is 0.273 e. The quantitative estimate of drug-likeness (QED) is 0.612. The zero-order valence-corrected chi connectivity index (χ0v) is 20.0. The Morgan fingerprint density at radius 1 is 0.857 bits per heavy atom. The van der Waals surface area contributed by atoms with Gasteiger partial charge in [-0.15, -0.1) is 11.8 Å². The minimum absolute atomic E-state index is 0.0492. The second kappa shape index (κ2) is 8.70. The normalized spacial score (nSPS) is 22.4. The lowest BCUT2D eigenvalue weighted by atomic mass is 10.0. The highest BCUT2D eigenvalue weighted by Crippen LogP contribution is 2.55. The van der Waals surface area contributed by atoms with Crippen LogP contribution in [0.3, 0.4) is 0 Å². The minimum atomic E-state index is -1.07. The summed E-state index contributed by atoms with van der Waals surface area (Å²) in [7, 11) is 0. The van der Waals surface area contributed by atoms with E-state index in [-0.39, 0.29) is 23.4 Å². The number of nitrogens with one attached hydrogen (secondary N) is 1. The molecular weight excluding hydrogens is 463 g/mol. The van der Waals surface area contributed by atoms with Gasteiger partial charge in [-0.3, -0.25) is 19.4 Å². The van der Waals surface area contributed by atoms with Crippen LogP contribution in [-0.4, -0.2) is 50.4 Å². The van der Waals surface area contributed by atoms with Crippen LogP contribution in [0.1, 0.15) is 5.56 Å². The maximum atomic E-state index is 14.2. The molecule has 2 saturated heterocycles. The highest BCUT2D eigenvalue weighted by Gasteiger charge is 2.61. The van der Waals surface area contributed by atoms with Gasteiger partial charge in [-0.1, -0.05) is 36.4 Å². The van der Waals surface area contributed by atoms with E-state index < -0.39 is 4.87 Å². The van der Waals surface area contributed by atoms with Crippen LogP contribution in [-0.2, 0) is 14.5 Å². The number of piperazine rings is 1. The van der Waals surface area contributed by atoms with Crippen molar-refractivity contribution in [3.8, 4) is 0 Å². The monoisotopic (exact) mass is 489 g/mol. The van der Waals surface area contributed by atoms with E-state index in [1.165, 1.54) is 28.8 Å². The van der Waals surface area contributed by atoms with Crippen molar-refractivity contribution >= 4 is 40.6 Å². The first-order valence-electron chi connectivity index (χ1n) is 11.9. The predicted molar refractivity (Wildman–Crippen MR) is 136 cm³/mol. The molecule has 0 aromatic heterocycles. The van der Waals surface area contributed by atoms with Crippen molar-refractivity contribution < 1.29 is 18.9 Å². The maximum absolute atomic E-state index is 14.2. The molecule has 8 heteroatoms. The lowest BCUT2D eigenvalue weighted by Gasteiger charge is -2.36. The molecule has 3 aromatic carbocycles. The van der Waals surface area contributed by atoms with E-state index in [0.29, 0.717) is 6.67 Å². The van der Waals surface area contributed by atoms with E-state index in [4.69, 9.17) is 0 Å². The summed E-state index contributed by atoms with van der Waals surface area (Å²) in [6, 6.07) is 24.0. The number of fused-ring (bicyclic) bond motifs is 2. The Balaban J connectivity index is 1.26. The van der Waals surface area contributed by atoms with Crippen LogP contribution in [0.5, 0.6) is 0 Å². The molecule has 3 aliphatic heterocycles. The van der Waals surface area contributed by atoms with Gasteiger partial charge in [-0.25, -0.2) is 4.39 Å². The number of thioether (sulfide) groups is 1. The van der Waals surface area contributed by atoms with Crippen LogP contribution >= 0.6 is 11.8 Å². The Morgan fingerprint density at radius 2 is 1.54 bits per heavy atom. The number of para-hydroxylation sites is 2. The van der Waals surface area contributed by atoms with Gasteiger partial charge in [-0.05, 0) is 42.5 Å². The van der Waals surface area contributed by atoms with Gasteiger partial charge in [0.1, 0.15) is 5.82 Å². The van der Waals surface area contributed by atoms with E-state index >= 15 is 0 Å². The summed E-state index contributed by atoms with van der Waals surface area (Å²) < 4.78 is 13.3. The standard InChI is InChI=1S/C27H25FN4O2S/c28-20-10-12-21(13-11-20)30-16-14-29(15-17-30)19-31-24-9-5-4-8-23(24)27(26(31)34)32(25(33)18-35-27)22-6-2-1-3-7-22/h1-13H,14-19H2/p+1. The van der Waals surface area contributed by atoms with Crippen LogP contribution in [0, 0.1) is 5.82 Å². The van der Waals surface area contributed by atoms with Crippen molar-refractivity contribution in [3.63, 3.8) is 0 Å². The Morgan fingerprint density at radius 3 is 2.29 bits per heavy atom. The number of halogens is 1. The molecule has 2 fully saturated rings. The van der Waals surface area contributed by atoms with Crippen LogP contribution in [0.2, 0.25) is 0 Å². The summed E-state index contributed by atoms with van der Waals surface area (Å²) in [5.74, 6) is -0.0595. The number of rotatable bonds is 4. The molecule has 0 radical (unpaired) electrons. The van der Waals surface area contributed by atoms with Crippen LogP contribution in [0.25, 0.3) is 0 Å². The number of anilines is 3. The highest BCUT2D eigenvalue weighted by molar-refractivity contribution is 8.02. The van der Waals surface area contributed by atoms with Crippen molar-refractivity contribution in [2.75, 3.05) is 53.3 Å². The fraction of sp³-hybridized carbons (Fsp3) is 0.259. The minimum Gasteiger partial charge on any atom is -0.360 e. The van der Waals surface area contributed by atoms with Gasteiger partial charge in [-0.2, -0.15) is 0 Å². The number of nitrogens with zero attached hydrogens (tertiary/aromatic N) is 3. The second-order valence-electron chi connectivity index (χ2n) is 9.12. The lowest BCUT2D eigenvalue weighted by molar-refractivity contribution is -0.899. The molecule has 6 nitrogen and oxygen atoms in total. The predicted octanol–water partition coefficient (Wildman–Crippen LogP) is 2.47. The van der Waals surface area contributed by atoms with Crippen LogP contribution < -0.4 is 19.6 Å². The second-order valence-corrected chi connectivity index (χ2v) is 10.3. The third kappa shape index (κ3) is 3.59. The van der Waals surface area contributed by atoms with Gasteiger partial charge in [0.2, 0.25) is 10.8 Å². The van der Waals surface area contributed by atoms with E-state index in [9.17, 15) is 14.0 Å². The molecule has 1 unspecified atom stereocenters. The number of carbonyl (C=O) groups excluding carboxylic acids is 2. The summed E-state index contributed by atoms with van der Waals surface area (Å²) in [6.07, 6.45) is 0. The molecule has 0 aliphatic carbocycles. The highest BCUT2D eigenvalue weighted by atomic mass is 32.2. The molecular formula is C27H26FN4O2S+. The Labute approximate surface area is 207 Å². The van der Waals surface area contributed by atoms with E-state index in [1.54, 1.807) is 4.90 Å². The van der Waals surface area contributed by atoms with Gasteiger partial charge >= 0.3 is 0 Å². The van der Waals surface area contributed by atoms with Gasteiger partial charge in [0, 0.05) is 16.9 Å². The molecule has 1 N–H and O–H groups in total. The first kappa shape index (κ1) is 22.1. The summed E-state index contributed by atoms with van der Waals surface area (Å²) in [5, 5.41) is 0. The number of carbonyl (C=O) groups is 2. The molecule has 6 rings (SSSR count). The number of benzene rings is 3. The van der Waals surface area contributed by atoms with Crippen molar-refractivity contribution in [2.45, 2.75) is 4.87 Å². The summed E-state index contributed by atoms with van der Waals surface area (Å²) in [5.41, 5.74) is 3.53. The van der Waals surface area contributed by atoms with Crippen molar-refractivity contribution in [2.24, 2.45) is 0 Å². The smallest absolute Gasteiger partial charge is 0.273 e. The zero-order valence-electron chi connectivity index (χ0n) is 19.2. The molecule has 3 aliphatic rings. The molecule has 178 valence electrons. The van der Waals surface area contributed by atoms with Crippen LogP contribution in [0.15, 0.2) is 78.9 Å². The molecule has 0 bridgehead atoms. The van der Waals surface area contributed by atoms with Crippen LogP contribution in [0.4, 0.5) is 21.5 Å². The number of quaternary nitrogens is 1. The van der Waals surface area contributed by atoms with Gasteiger partial charge < -0.3 is 9.80 Å². The third-order valence-electron chi connectivity index (χ3n) is 7.12. The van der Waals surface area contributed by atoms with Crippen molar-refractivity contribution in [1.82, 2.24) is 0 Å². The molecule has 3 aromatic rings. The summed E-state index contributed by atoms with van der Waals surface area (Å²) in [4.78, 5) is 33.3. The lowest BCUT2D eigenvalue weighted by Crippen LogP contribution is -3.16. The molecule has 1 atom stereocenters. The fourth-order valence-corrected chi connectivity index (χ4v) is 6.76. The SMILES string of the molecule is O=C1CSC2(C(=O)N(C[NH+]3CCN(c4ccc(F)cc4)CC3)c3ccccc32)N1c1ccccc1. The van der Waals surface area contributed by atoms with Gasteiger partial charge in [0.25, 0.3) is 5.91 Å². The molecule has 0 saturated carbocycles. The van der Waals surface area contributed by atoms with E-state index in [2.05, 4.69) is 4.90 Å². The number of hydrogen-bond acceptors (Lipinski definition) is 4. The Bertz CT molecular complexity index is 1260. The largest absolute Gasteiger partial charge is 0.360 e. The average molecular weight is 490 g/mol. The van der Waals surface area contributed by atoms with Crippen molar-refractivity contribution in [1.29, 1.82) is 0 Å². The van der Waals surface area contributed by atoms with Gasteiger partial charge in [0.15, 0.2) is 6.67 Å². The summed E-state index contributed by atoms with van der Waals surface area (Å²) >= 11 is 1.42. The molecule has 3 heterocycles. The van der Waals surface area contributed by atoms with E-state index in [0.717, 1.165) is 48.8 Å².